The molecule has 2 rings (SSSR count). The van der Waals surface area contributed by atoms with Crippen LogP contribution in [0.3, 0.4) is 0 Å². The number of hydrogen-bond acceptors (Lipinski definition) is 4. The predicted octanol–water partition coefficient (Wildman–Crippen LogP) is 0.429. The Morgan fingerprint density at radius 2 is 1.78 bits per heavy atom. The molecule has 1 heterocycles. The van der Waals surface area contributed by atoms with Crippen molar-refractivity contribution in [1.29, 1.82) is 0 Å². The van der Waals surface area contributed by atoms with E-state index >= 15 is 0 Å². The molecule has 0 unspecified atom stereocenters. The van der Waals surface area contributed by atoms with Crippen molar-refractivity contribution in [3.05, 3.63) is 30.3 Å². The van der Waals surface area contributed by atoms with E-state index in [0.29, 0.717) is 36.2 Å². The van der Waals surface area contributed by atoms with Gasteiger partial charge in [0.25, 0.3) is 0 Å². The van der Waals surface area contributed by atoms with Crippen molar-refractivity contribution in [2.24, 2.45) is 0 Å². The molecule has 0 bridgehead atoms. The number of nitrogens with zero attached hydrogens (tertiary/aromatic N) is 3. The Labute approximate surface area is 144 Å². The van der Waals surface area contributed by atoms with Crippen molar-refractivity contribution >= 4 is 27.4 Å². The third kappa shape index (κ3) is 4.87. The predicted molar refractivity (Wildman–Crippen MR) is 95.9 cm³/mol. The van der Waals surface area contributed by atoms with Crippen molar-refractivity contribution in [3.8, 4) is 0 Å². The van der Waals surface area contributed by atoms with Crippen LogP contribution >= 0.6 is 12.2 Å². The molecule has 0 atom stereocenters. The van der Waals surface area contributed by atoms with Gasteiger partial charge in [0.15, 0.2) is 5.11 Å². The van der Waals surface area contributed by atoms with Crippen molar-refractivity contribution in [2.75, 3.05) is 53.4 Å². The monoisotopic (exact) mass is 356 g/mol. The molecule has 1 aromatic carbocycles. The first-order chi connectivity index (χ1) is 10.9. The van der Waals surface area contributed by atoms with E-state index in [1.165, 1.54) is 4.31 Å². The van der Waals surface area contributed by atoms with E-state index in [9.17, 15) is 8.42 Å². The van der Waals surface area contributed by atoms with Gasteiger partial charge in [0.1, 0.15) is 0 Å². The van der Waals surface area contributed by atoms with Crippen LogP contribution in [0.15, 0.2) is 35.2 Å². The highest BCUT2D eigenvalue weighted by molar-refractivity contribution is 7.89. The second-order valence-electron chi connectivity index (χ2n) is 5.74. The average Bonchev–Trinajstić information content (AvgIpc) is 2.55. The number of likely N-dealkylation sites (N-methyl/N-ethyl adjacent to an activating group) is 1. The van der Waals surface area contributed by atoms with Crippen LogP contribution in [0.25, 0.3) is 0 Å². The third-order valence-electron chi connectivity index (χ3n) is 3.74. The SMILES string of the molecule is CN(C)CCNC(=S)N1CCN(S(=O)(=O)c2ccccc2)CC1. The maximum absolute atomic E-state index is 12.6. The lowest BCUT2D eigenvalue weighted by molar-refractivity contribution is 0.263. The summed E-state index contributed by atoms with van der Waals surface area (Å²) in [5.41, 5.74) is 0. The minimum Gasteiger partial charge on any atom is -0.361 e. The van der Waals surface area contributed by atoms with E-state index in [1.54, 1.807) is 24.3 Å². The van der Waals surface area contributed by atoms with Crippen LogP contribution < -0.4 is 5.32 Å². The zero-order valence-electron chi connectivity index (χ0n) is 13.6. The molecule has 8 heteroatoms. The van der Waals surface area contributed by atoms with Gasteiger partial charge in [0, 0.05) is 39.3 Å². The van der Waals surface area contributed by atoms with Gasteiger partial charge in [-0.2, -0.15) is 4.31 Å². The number of piperazine rings is 1. The van der Waals surface area contributed by atoms with E-state index in [4.69, 9.17) is 12.2 Å². The summed E-state index contributed by atoms with van der Waals surface area (Å²) >= 11 is 5.38. The molecule has 0 spiro atoms. The summed E-state index contributed by atoms with van der Waals surface area (Å²) in [6, 6.07) is 8.57. The van der Waals surface area contributed by atoms with Gasteiger partial charge in [0.05, 0.1) is 4.90 Å². The van der Waals surface area contributed by atoms with Crippen LogP contribution in [-0.4, -0.2) is 81.0 Å². The van der Waals surface area contributed by atoms with Crippen LogP contribution in [0.4, 0.5) is 0 Å². The summed E-state index contributed by atoms with van der Waals surface area (Å²) in [5, 5.41) is 3.91. The van der Waals surface area contributed by atoms with Gasteiger partial charge in [-0.05, 0) is 38.4 Å². The van der Waals surface area contributed by atoms with E-state index in [1.807, 2.05) is 25.1 Å². The fourth-order valence-corrected chi connectivity index (χ4v) is 4.10. The zero-order chi connectivity index (χ0) is 16.9. The molecule has 1 aromatic rings. The van der Waals surface area contributed by atoms with Crippen molar-refractivity contribution in [2.45, 2.75) is 4.90 Å². The summed E-state index contributed by atoms with van der Waals surface area (Å²) in [6.45, 7) is 3.82. The maximum atomic E-state index is 12.6. The van der Waals surface area contributed by atoms with Crippen LogP contribution in [0.5, 0.6) is 0 Å². The molecule has 0 aromatic heterocycles. The number of benzene rings is 1. The molecule has 6 nitrogen and oxygen atoms in total. The van der Waals surface area contributed by atoms with Crippen LogP contribution in [0.1, 0.15) is 0 Å². The van der Waals surface area contributed by atoms with Gasteiger partial charge in [-0.15, -0.1) is 0 Å². The highest BCUT2D eigenvalue weighted by Crippen LogP contribution is 2.17. The van der Waals surface area contributed by atoms with E-state index in [0.717, 1.165) is 13.1 Å². The molecule has 23 heavy (non-hydrogen) atoms. The minimum absolute atomic E-state index is 0.347. The topological polar surface area (TPSA) is 55.9 Å². The molecule has 0 saturated carbocycles. The highest BCUT2D eigenvalue weighted by atomic mass is 32.2. The molecule has 0 radical (unpaired) electrons. The molecule has 1 N–H and O–H groups in total. The van der Waals surface area contributed by atoms with Crippen LogP contribution in [0, 0.1) is 0 Å². The quantitative estimate of drug-likeness (QED) is 0.772. The number of sulfonamides is 1. The van der Waals surface area contributed by atoms with Gasteiger partial charge >= 0.3 is 0 Å². The number of hydrogen-bond donors (Lipinski definition) is 1. The standard InChI is InChI=1S/C15H24N4O2S2/c1-17(2)9-8-16-15(22)18-10-12-19(13-11-18)23(20,21)14-6-4-3-5-7-14/h3-7H,8-13H2,1-2H3,(H,16,22). The Morgan fingerprint density at radius 1 is 1.17 bits per heavy atom. The number of rotatable bonds is 5. The molecule has 1 saturated heterocycles. The minimum atomic E-state index is -3.40. The molecule has 1 aliphatic rings. The number of thiocarbonyl (C=S) groups is 1. The van der Waals surface area contributed by atoms with E-state index < -0.39 is 10.0 Å². The second kappa shape index (κ2) is 8.05. The molecule has 128 valence electrons. The Morgan fingerprint density at radius 3 is 2.35 bits per heavy atom. The molecule has 1 aliphatic heterocycles. The van der Waals surface area contributed by atoms with Gasteiger partial charge in [-0.3, -0.25) is 0 Å². The molecular formula is C15H24N4O2S2. The van der Waals surface area contributed by atoms with E-state index in [-0.39, 0.29) is 0 Å². The van der Waals surface area contributed by atoms with Crippen molar-refractivity contribution < 1.29 is 8.42 Å². The lowest BCUT2D eigenvalue weighted by Gasteiger charge is -2.35. The van der Waals surface area contributed by atoms with Crippen molar-refractivity contribution in [1.82, 2.24) is 19.4 Å². The Kier molecular flexibility index (Phi) is 6.34. The number of nitrogens with one attached hydrogen (secondary N) is 1. The summed E-state index contributed by atoms with van der Waals surface area (Å²) in [7, 11) is 0.621. The summed E-state index contributed by atoms with van der Waals surface area (Å²) in [5.74, 6) is 0. The Hall–Kier alpha value is -1.22. The van der Waals surface area contributed by atoms with Crippen LogP contribution in [0.2, 0.25) is 0 Å². The van der Waals surface area contributed by atoms with Gasteiger partial charge in [-0.25, -0.2) is 8.42 Å². The van der Waals surface area contributed by atoms with Gasteiger partial charge in [0.2, 0.25) is 10.0 Å². The van der Waals surface area contributed by atoms with E-state index in [2.05, 4.69) is 10.2 Å². The molecule has 1 fully saturated rings. The van der Waals surface area contributed by atoms with Crippen molar-refractivity contribution in [3.63, 3.8) is 0 Å². The lowest BCUT2D eigenvalue weighted by atomic mass is 10.4. The lowest BCUT2D eigenvalue weighted by Crippen LogP contribution is -2.53. The normalized spacial score (nSPS) is 16.6. The maximum Gasteiger partial charge on any atom is 0.243 e. The first-order valence-corrected chi connectivity index (χ1v) is 9.49. The molecule has 0 aliphatic carbocycles. The summed E-state index contributed by atoms with van der Waals surface area (Å²) in [4.78, 5) is 4.46. The van der Waals surface area contributed by atoms with Crippen LogP contribution in [-0.2, 0) is 10.0 Å². The third-order valence-corrected chi connectivity index (χ3v) is 6.06. The molecule has 0 amide bonds. The first-order valence-electron chi connectivity index (χ1n) is 7.64. The summed E-state index contributed by atoms with van der Waals surface area (Å²) in [6.07, 6.45) is 0. The fraction of sp³-hybridized carbons (Fsp3) is 0.533. The Balaban J connectivity index is 1.87. The highest BCUT2D eigenvalue weighted by Gasteiger charge is 2.28. The van der Waals surface area contributed by atoms with Gasteiger partial charge < -0.3 is 15.1 Å². The fourth-order valence-electron chi connectivity index (χ4n) is 2.37. The average molecular weight is 357 g/mol. The van der Waals surface area contributed by atoms with Gasteiger partial charge in [-0.1, -0.05) is 18.2 Å². The second-order valence-corrected chi connectivity index (χ2v) is 8.06. The summed E-state index contributed by atoms with van der Waals surface area (Å²) < 4.78 is 26.7. The molecular weight excluding hydrogens is 332 g/mol. The smallest absolute Gasteiger partial charge is 0.243 e. The zero-order valence-corrected chi connectivity index (χ0v) is 15.2. The largest absolute Gasteiger partial charge is 0.361 e. The Bertz CT molecular complexity index is 612. The first kappa shape index (κ1) is 18.1.